The van der Waals surface area contributed by atoms with Gasteiger partial charge in [-0.3, -0.25) is 4.57 Å². The van der Waals surface area contributed by atoms with Gasteiger partial charge in [0.25, 0.3) is 0 Å². The minimum Gasteiger partial charge on any atom is -0.497 e. The van der Waals surface area contributed by atoms with Crippen molar-refractivity contribution in [3.8, 4) is 11.5 Å². The molecule has 0 aromatic heterocycles. The van der Waals surface area contributed by atoms with Crippen LogP contribution in [0.5, 0.6) is 11.5 Å². The standard InChI is InChI=1S/C19H17O3P/c1-21-16-12-14-19(15-13-16)23(20,18-10-6-3-7-11-18)22-17-8-4-2-5-9-17/h2-15H,1H3. The molecule has 0 radical (unpaired) electrons. The molecule has 3 aromatic rings. The van der Waals surface area contributed by atoms with Gasteiger partial charge in [0, 0.05) is 0 Å². The highest BCUT2D eigenvalue weighted by molar-refractivity contribution is 7.74. The van der Waals surface area contributed by atoms with E-state index in [0.717, 1.165) is 0 Å². The van der Waals surface area contributed by atoms with Crippen molar-refractivity contribution in [2.45, 2.75) is 0 Å². The maximum atomic E-state index is 13.7. The quantitative estimate of drug-likeness (QED) is 0.665. The van der Waals surface area contributed by atoms with Crippen molar-refractivity contribution >= 4 is 18.0 Å². The van der Waals surface area contributed by atoms with Crippen molar-refractivity contribution in [1.82, 2.24) is 0 Å². The SMILES string of the molecule is COc1ccc(P(=O)(Oc2ccccc2)c2ccccc2)cc1. The number of ether oxygens (including phenoxy) is 1. The second-order valence-corrected chi connectivity index (χ2v) is 7.31. The fourth-order valence-electron chi connectivity index (χ4n) is 2.29. The Hall–Kier alpha value is -2.51. The Morgan fingerprint density at radius 2 is 1.17 bits per heavy atom. The lowest BCUT2D eigenvalue weighted by atomic mass is 10.3. The number of hydrogen-bond acceptors (Lipinski definition) is 3. The molecule has 0 saturated heterocycles. The molecule has 0 fully saturated rings. The molecule has 3 aromatic carbocycles. The molecule has 0 N–H and O–H groups in total. The van der Waals surface area contributed by atoms with E-state index in [2.05, 4.69) is 0 Å². The monoisotopic (exact) mass is 324 g/mol. The zero-order valence-electron chi connectivity index (χ0n) is 12.8. The highest BCUT2D eigenvalue weighted by atomic mass is 31.2. The Morgan fingerprint density at radius 3 is 1.74 bits per heavy atom. The van der Waals surface area contributed by atoms with Crippen LogP contribution in [-0.2, 0) is 4.57 Å². The number of hydrogen-bond donors (Lipinski definition) is 0. The van der Waals surface area contributed by atoms with E-state index in [9.17, 15) is 4.57 Å². The molecule has 23 heavy (non-hydrogen) atoms. The van der Waals surface area contributed by atoms with Gasteiger partial charge < -0.3 is 9.26 Å². The summed E-state index contributed by atoms with van der Waals surface area (Å²) in [4.78, 5) is 0. The van der Waals surface area contributed by atoms with Gasteiger partial charge in [0.1, 0.15) is 11.5 Å². The molecule has 0 bridgehead atoms. The second-order valence-electron chi connectivity index (χ2n) is 4.99. The Kier molecular flexibility index (Phi) is 4.50. The first-order valence-corrected chi connectivity index (χ1v) is 8.90. The molecule has 0 amide bonds. The van der Waals surface area contributed by atoms with Crippen molar-refractivity contribution in [3.63, 3.8) is 0 Å². The molecule has 3 nitrogen and oxygen atoms in total. The maximum Gasteiger partial charge on any atom is 0.306 e. The van der Waals surface area contributed by atoms with Crippen LogP contribution in [0.1, 0.15) is 0 Å². The Bertz CT molecular complexity index is 799. The smallest absolute Gasteiger partial charge is 0.306 e. The molecular formula is C19H17O3P. The number of benzene rings is 3. The fraction of sp³-hybridized carbons (Fsp3) is 0.0526. The van der Waals surface area contributed by atoms with Crippen LogP contribution in [0.2, 0.25) is 0 Å². The predicted octanol–water partition coefficient (Wildman–Crippen LogP) is 4.00. The fourth-order valence-corrected chi connectivity index (χ4v) is 4.32. The summed E-state index contributed by atoms with van der Waals surface area (Å²) in [6, 6.07) is 25.7. The number of methoxy groups -OCH3 is 1. The summed E-state index contributed by atoms with van der Waals surface area (Å²) >= 11 is 0. The normalized spacial score (nSPS) is 13.1. The largest absolute Gasteiger partial charge is 0.497 e. The lowest BCUT2D eigenvalue weighted by Gasteiger charge is -2.20. The summed E-state index contributed by atoms with van der Waals surface area (Å²) in [7, 11) is -1.63. The number of para-hydroxylation sites is 1. The summed E-state index contributed by atoms with van der Waals surface area (Å²) in [5.74, 6) is 1.29. The van der Waals surface area contributed by atoms with Crippen LogP contribution in [0.3, 0.4) is 0 Å². The molecule has 3 rings (SSSR count). The zero-order chi connectivity index (χ0) is 16.1. The lowest BCUT2D eigenvalue weighted by Crippen LogP contribution is -2.20. The van der Waals surface area contributed by atoms with Gasteiger partial charge in [-0.05, 0) is 48.5 Å². The Balaban J connectivity index is 2.07. The highest BCUT2D eigenvalue weighted by Crippen LogP contribution is 2.45. The molecule has 0 saturated carbocycles. The first kappa shape index (κ1) is 15.4. The van der Waals surface area contributed by atoms with Crippen LogP contribution in [0.15, 0.2) is 84.9 Å². The minimum absolute atomic E-state index is 0.579. The van der Waals surface area contributed by atoms with Crippen molar-refractivity contribution in [1.29, 1.82) is 0 Å². The molecule has 1 atom stereocenters. The third kappa shape index (κ3) is 3.30. The van der Waals surface area contributed by atoms with E-state index in [1.165, 1.54) is 0 Å². The second kappa shape index (κ2) is 6.72. The summed E-state index contributed by atoms with van der Waals surface area (Å²) < 4.78 is 24.9. The molecule has 116 valence electrons. The molecule has 0 aliphatic rings. The zero-order valence-corrected chi connectivity index (χ0v) is 13.6. The minimum atomic E-state index is -3.23. The highest BCUT2D eigenvalue weighted by Gasteiger charge is 2.30. The van der Waals surface area contributed by atoms with Crippen LogP contribution >= 0.6 is 7.37 Å². The Morgan fingerprint density at radius 1 is 0.652 bits per heavy atom. The van der Waals surface area contributed by atoms with Crippen LogP contribution in [0, 0.1) is 0 Å². The first-order valence-electron chi connectivity index (χ1n) is 7.27. The van der Waals surface area contributed by atoms with Crippen LogP contribution in [0.25, 0.3) is 0 Å². The Labute approximate surface area is 136 Å². The van der Waals surface area contributed by atoms with Crippen molar-refractivity contribution in [2.24, 2.45) is 0 Å². The van der Waals surface area contributed by atoms with Gasteiger partial charge in [0.2, 0.25) is 0 Å². The van der Waals surface area contributed by atoms with E-state index >= 15 is 0 Å². The van der Waals surface area contributed by atoms with E-state index in [1.807, 2.05) is 48.5 Å². The average molecular weight is 324 g/mol. The summed E-state index contributed by atoms with van der Waals surface area (Å²) in [6.45, 7) is 0. The average Bonchev–Trinajstić information content (AvgIpc) is 2.63. The van der Waals surface area contributed by atoms with Gasteiger partial charge in [-0.15, -0.1) is 0 Å². The van der Waals surface area contributed by atoms with Gasteiger partial charge >= 0.3 is 7.37 Å². The topological polar surface area (TPSA) is 35.5 Å². The van der Waals surface area contributed by atoms with Gasteiger partial charge in [0.15, 0.2) is 0 Å². The van der Waals surface area contributed by atoms with E-state index < -0.39 is 7.37 Å². The summed E-state index contributed by atoms with van der Waals surface area (Å²) in [6.07, 6.45) is 0. The van der Waals surface area contributed by atoms with Crippen molar-refractivity contribution in [3.05, 3.63) is 84.9 Å². The molecule has 1 unspecified atom stereocenters. The van der Waals surface area contributed by atoms with E-state index in [4.69, 9.17) is 9.26 Å². The van der Waals surface area contributed by atoms with Crippen LogP contribution in [-0.4, -0.2) is 7.11 Å². The predicted molar refractivity (Wildman–Crippen MR) is 93.4 cm³/mol. The van der Waals surface area contributed by atoms with E-state index in [-0.39, 0.29) is 0 Å². The molecule has 0 aliphatic carbocycles. The first-order chi connectivity index (χ1) is 11.2. The molecule has 0 heterocycles. The molecule has 4 heteroatoms. The molecular weight excluding hydrogens is 307 g/mol. The third-order valence-corrected chi connectivity index (χ3v) is 5.91. The third-order valence-electron chi connectivity index (χ3n) is 3.49. The van der Waals surface area contributed by atoms with Gasteiger partial charge in [0.05, 0.1) is 17.7 Å². The van der Waals surface area contributed by atoms with Gasteiger partial charge in [-0.25, -0.2) is 0 Å². The van der Waals surface area contributed by atoms with Crippen molar-refractivity contribution < 1.29 is 13.8 Å². The summed E-state index contributed by atoms with van der Waals surface area (Å²) in [5, 5.41) is 1.29. The van der Waals surface area contributed by atoms with Gasteiger partial charge in [-0.1, -0.05) is 36.4 Å². The molecule has 0 spiro atoms. The number of rotatable bonds is 5. The van der Waals surface area contributed by atoms with E-state index in [0.29, 0.717) is 22.1 Å². The van der Waals surface area contributed by atoms with Gasteiger partial charge in [-0.2, -0.15) is 0 Å². The summed E-state index contributed by atoms with van der Waals surface area (Å²) in [5.41, 5.74) is 0. The maximum absolute atomic E-state index is 13.7. The lowest BCUT2D eigenvalue weighted by molar-refractivity contribution is 0.415. The van der Waals surface area contributed by atoms with Crippen LogP contribution in [0.4, 0.5) is 0 Å². The van der Waals surface area contributed by atoms with E-state index in [1.54, 1.807) is 43.5 Å². The van der Waals surface area contributed by atoms with Crippen LogP contribution < -0.4 is 19.9 Å². The van der Waals surface area contributed by atoms with Crippen molar-refractivity contribution in [2.75, 3.05) is 7.11 Å². The molecule has 0 aliphatic heterocycles.